The van der Waals surface area contributed by atoms with Crippen LogP contribution in [0, 0.1) is 5.92 Å². The molecule has 1 aliphatic carbocycles. The van der Waals surface area contributed by atoms with Gasteiger partial charge in [0.2, 0.25) is 5.91 Å². The summed E-state index contributed by atoms with van der Waals surface area (Å²) in [5.74, 6) is 2.84. The molecule has 2 atom stereocenters. The summed E-state index contributed by atoms with van der Waals surface area (Å²) in [7, 11) is 0. The number of nitrogens with one attached hydrogen (secondary N) is 1. The predicted molar refractivity (Wildman–Crippen MR) is 97.5 cm³/mol. The lowest BCUT2D eigenvalue weighted by molar-refractivity contribution is -0.116. The number of benzene rings is 1. The molecule has 0 spiro atoms. The highest BCUT2D eigenvalue weighted by Crippen LogP contribution is 2.47. The third-order valence-corrected chi connectivity index (χ3v) is 4.61. The molecule has 2 heterocycles. The molecule has 1 N–H and O–H groups in total. The number of furan rings is 1. The van der Waals surface area contributed by atoms with Crippen LogP contribution >= 0.6 is 0 Å². The fraction of sp³-hybridized carbons (Fsp3) is 0.250. The van der Waals surface area contributed by atoms with Gasteiger partial charge in [-0.2, -0.15) is 5.10 Å². The van der Waals surface area contributed by atoms with Crippen molar-refractivity contribution in [3.05, 3.63) is 72.2 Å². The van der Waals surface area contributed by atoms with Gasteiger partial charge in [-0.15, -0.1) is 0 Å². The smallest absolute Gasteiger partial charge is 0.244 e. The Kier molecular flexibility index (Phi) is 4.39. The van der Waals surface area contributed by atoms with Crippen LogP contribution in [0.3, 0.4) is 0 Å². The minimum absolute atomic E-state index is 0.150. The van der Waals surface area contributed by atoms with Crippen molar-refractivity contribution in [1.29, 1.82) is 0 Å². The Bertz CT molecular complexity index is 910. The minimum Gasteiger partial charge on any atom is -0.461 e. The van der Waals surface area contributed by atoms with Gasteiger partial charge >= 0.3 is 0 Å². The monoisotopic (exact) mass is 348 g/mol. The second-order valence-corrected chi connectivity index (χ2v) is 6.62. The molecule has 6 heteroatoms. The summed E-state index contributed by atoms with van der Waals surface area (Å²) in [6.07, 6.45) is 7.54. The van der Waals surface area contributed by atoms with Crippen LogP contribution in [0.1, 0.15) is 36.3 Å². The van der Waals surface area contributed by atoms with Crippen molar-refractivity contribution >= 4 is 12.0 Å². The number of amides is 1. The number of carbonyl (C=O) groups is 1. The van der Waals surface area contributed by atoms with E-state index in [0.717, 1.165) is 17.0 Å². The lowest BCUT2D eigenvalue weighted by Crippen LogP contribution is -2.20. The van der Waals surface area contributed by atoms with E-state index in [1.807, 2.05) is 36.4 Å². The molecule has 1 fully saturated rings. The zero-order chi connectivity index (χ0) is 17.9. The van der Waals surface area contributed by atoms with Crippen molar-refractivity contribution in [2.75, 3.05) is 0 Å². The fourth-order valence-corrected chi connectivity index (χ4v) is 2.89. The average Bonchev–Trinajstić information content (AvgIpc) is 3.10. The number of hydrogen-bond donors (Lipinski definition) is 1. The maximum Gasteiger partial charge on any atom is 0.244 e. The van der Waals surface area contributed by atoms with Crippen molar-refractivity contribution < 1.29 is 9.21 Å². The number of hydrogen-bond acceptors (Lipinski definition) is 4. The van der Waals surface area contributed by atoms with Gasteiger partial charge in [-0.3, -0.25) is 4.79 Å². The third-order valence-electron chi connectivity index (χ3n) is 4.61. The van der Waals surface area contributed by atoms with Crippen LogP contribution in [0.5, 0.6) is 0 Å². The zero-order valence-corrected chi connectivity index (χ0v) is 14.5. The molecule has 0 unspecified atom stereocenters. The molecule has 0 bridgehead atoms. The van der Waals surface area contributed by atoms with E-state index in [0.29, 0.717) is 24.1 Å². The van der Waals surface area contributed by atoms with Crippen LogP contribution in [-0.4, -0.2) is 20.7 Å². The molecule has 1 aliphatic rings. The highest BCUT2D eigenvalue weighted by atomic mass is 16.3. The van der Waals surface area contributed by atoms with E-state index in [1.165, 1.54) is 18.8 Å². The maximum absolute atomic E-state index is 12.0. The van der Waals surface area contributed by atoms with E-state index in [-0.39, 0.29) is 5.91 Å². The number of nitrogens with zero attached hydrogens (tertiary/aromatic N) is 3. The Morgan fingerprint density at radius 1 is 1.31 bits per heavy atom. The Labute approximate surface area is 151 Å². The van der Waals surface area contributed by atoms with Gasteiger partial charge in [-0.05, 0) is 48.2 Å². The molecule has 0 saturated heterocycles. The molecule has 26 heavy (non-hydrogen) atoms. The van der Waals surface area contributed by atoms with Crippen molar-refractivity contribution in [1.82, 2.24) is 20.1 Å². The van der Waals surface area contributed by atoms with Crippen LogP contribution < -0.4 is 5.32 Å². The van der Waals surface area contributed by atoms with E-state index in [1.54, 1.807) is 17.1 Å². The molecule has 132 valence electrons. The van der Waals surface area contributed by atoms with E-state index in [4.69, 9.17) is 4.42 Å². The molecular weight excluding hydrogens is 328 g/mol. The summed E-state index contributed by atoms with van der Waals surface area (Å²) in [6.45, 7) is 2.68. The second kappa shape index (κ2) is 7.00. The largest absolute Gasteiger partial charge is 0.461 e. The summed E-state index contributed by atoms with van der Waals surface area (Å²) in [5.41, 5.74) is 1.94. The van der Waals surface area contributed by atoms with Gasteiger partial charge in [-0.25, -0.2) is 9.67 Å². The van der Waals surface area contributed by atoms with Gasteiger partial charge in [-0.1, -0.05) is 19.1 Å². The Hall–Kier alpha value is -3.15. The van der Waals surface area contributed by atoms with Gasteiger partial charge < -0.3 is 9.73 Å². The van der Waals surface area contributed by atoms with Crippen LogP contribution in [0.4, 0.5) is 0 Å². The van der Waals surface area contributed by atoms with Gasteiger partial charge in [0.05, 0.1) is 5.69 Å². The maximum atomic E-state index is 12.0. The zero-order valence-electron chi connectivity index (χ0n) is 14.5. The van der Waals surface area contributed by atoms with E-state index >= 15 is 0 Å². The molecule has 0 aliphatic heterocycles. The molecule has 6 nitrogen and oxygen atoms in total. The van der Waals surface area contributed by atoms with Crippen molar-refractivity contribution in [2.24, 2.45) is 5.92 Å². The highest BCUT2D eigenvalue weighted by Gasteiger charge is 2.36. The lowest BCUT2D eigenvalue weighted by Gasteiger charge is -2.04. The van der Waals surface area contributed by atoms with E-state index < -0.39 is 0 Å². The van der Waals surface area contributed by atoms with Gasteiger partial charge in [0.15, 0.2) is 0 Å². The first-order valence-corrected chi connectivity index (χ1v) is 8.68. The van der Waals surface area contributed by atoms with Crippen molar-refractivity contribution in [2.45, 2.75) is 25.8 Å². The summed E-state index contributed by atoms with van der Waals surface area (Å²) < 4.78 is 7.45. The standard InChI is InChI=1S/C20H20N4O2/c1-14-10-18(14)19-8-6-17(26-19)7-9-20(25)22-11-15-2-4-16(5-3-15)24-13-21-12-23-24/h2-9,12-14,18H,10-11H2,1H3,(H,22,25)/b9-7+/t14-,18+/m1/s1. The Morgan fingerprint density at radius 3 is 2.81 bits per heavy atom. The molecular formula is C20H20N4O2. The molecule has 1 amide bonds. The first-order valence-electron chi connectivity index (χ1n) is 8.68. The summed E-state index contributed by atoms with van der Waals surface area (Å²) in [4.78, 5) is 15.9. The van der Waals surface area contributed by atoms with Crippen molar-refractivity contribution in [3.8, 4) is 5.69 Å². The fourth-order valence-electron chi connectivity index (χ4n) is 2.89. The molecule has 4 rings (SSSR count). The van der Waals surface area contributed by atoms with Gasteiger partial charge in [0.1, 0.15) is 24.2 Å². The molecule has 3 aromatic rings. The second-order valence-electron chi connectivity index (χ2n) is 6.62. The number of aromatic nitrogens is 3. The molecule has 1 aromatic carbocycles. The third kappa shape index (κ3) is 3.74. The first-order chi connectivity index (χ1) is 12.7. The van der Waals surface area contributed by atoms with Crippen LogP contribution in [0.15, 0.2) is 59.5 Å². The van der Waals surface area contributed by atoms with Crippen LogP contribution in [-0.2, 0) is 11.3 Å². The first kappa shape index (κ1) is 16.3. The Morgan fingerprint density at radius 2 is 2.12 bits per heavy atom. The van der Waals surface area contributed by atoms with E-state index in [9.17, 15) is 4.79 Å². The topological polar surface area (TPSA) is 73.0 Å². The minimum atomic E-state index is -0.150. The van der Waals surface area contributed by atoms with Crippen molar-refractivity contribution in [3.63, 3.8) is 0 Å². The highest BCUT2D eigenvalue weighted by molar-refractivity contribution is 5.91. The van der Waals surface area contributed by atoms with Gasteiger partial charge in [0, 0.05) is 18.5 Å². The summed E-state index contributed by atoms with van der Waals surface area (Å²) in [5, 5.41) is 6.95. The molecule has 0 radical (unpaired) electrons. The SMILES string of the molecule is C[C@@H]1C[C@@H]1c1ccc(/C=C/C(=O)NCc2ccc(-n3cncn3)cc2)o1. The Balaban J connectivity index is 1.29. The van der Waals surface area contributed by atoms with Crippen LogP contribution in [0.2, 0.25) is 0 Å². The lowest BCUT2D eigenvalue weighted by atomic mass is 10.2. The summed E-state index contributed by atoms with van der Waals surface area (Å²) >= 11 is 0. The normalized spacial score (nSPS) is 19.0. The van der Waals surface area contributed by atoms with Gasteiger partial charge in [0.25, 0.3) is 0 Å². The summed E-state index contributed by atoms with van der Waals surface area (Å²) in [6, 6.07) is 11.7. The van der Waals surface area contributed by atoms with Crippen LogP contribution in [0.25, 0.3) is 11.8 Å². The number of carbonyl (C=O) groups excluding carboxylic acids is 1. The number of rotatable bonds is 6. The predicted octanol–water partition coefficient (Wildman–Crippen LogP) is 3.31. The molecule has 1 saturated carbocycles. The average molecular weight is 348 g/mol. The molecule has 2 aromatic heterocycles. The quantitative estimate of drug-likeness (QED) is 0.694. The van der Waals surface area contributed by atoms with E-state index in [2.05, 4.69) is 22.3 Å².